The Balaban J connectivity index is 3.92. The molecule has 1 unspecified atom stereocenters. The molecule has 0 fully saturated rings. The highest BCUT2D eigenvalue weighted by Crippen LogP contribution is 2.16. The summed E-state index contributed by atoms with van der Waals surface area (Å²) in [4.78, 5) is 22.5. The standard InChI is InChI=1S/C20H38O4S/c1-3-5-7-10-13-18(17-25-16-6-4-2)24-20(23)15-12-9-8-11-14-19(21)22/h18H,3-17H2,1-2H3,(H,21,22). The molecule has 1 atom stereocenters. The molecular formula is C20H38O4S. The van der Waals surface area contributed by atoms with E-state index in [1.54, 1.807) is 0 Å². The Morgan fingerprint density at radius 3 is 2.16 bits per heavy atom. The van der Waals surface area contributed by atoms with Gasteiger partial charge in [-0.15, -0.1) is 0 Å². The number of thioether (sulfide) groups is 1. The van der Waals surface area contributed by atoms with Gasteiger partial charge in [0.15, 0.2) is 0 Å². The number of carbonyl (C=O) groups excluding carboxylic acids is 1. The van der Waals surface area contributed by atoms with Crippen LogP contribution in [-0.2, 0) is 14.3 Å². The Morgan fingerprint density at radius 1 is 0.880 bits per heavy atom. The molecule has 5 heteroatoms. The number of ether oxygens (including phenoxy) is 1. The summed E-state index contributed by atoms with van der Waals surface area (Å²) >= 11 is 1.90. The maximum atomic E-state index is 12.0. The van der Waals surface area contributed by atoms with Crippen LogP contribution in [0.25, 0.3) is 0 Å². The molecule has 148 valence electrons. The number of rotatable bonds is 18. The highest BCUT2D eigenvalue weighted by atomic mass is 32.2. The number of aliphatic carboxylic acids is 1. The van der Waals surface area contributed by atoms with Gasteiger partial charge >= 0.3 is 11.9 Å². The van der Waals surface area contributed by atoms with E-state index in [-0.39, 0.29) is 18.5 Å². The van der Waals surface area contributed by atoms with E-state index in [2.05, 4.69) is 13.8 Å². The van der Waals surface area contributed by atoms with Crippen molar-refractivity contribution in [1.29, 1.82) is 0 Å². The monoisotopic (exact) mass is 374 g/mol. The number of esters is 1. The van der Waals surface area contributed by atoms with Gasteiger partial charge in [-0.2, -0.15) is 11.8 Å². The second kappa shape index (κ2) is 18.1. The van der Waals surface area contributed by atoms with Crippen molar-refractivity contribution in [3.8, 4) is 0 Å². The third kappa shape index (κ3) is 17.9. The molecule has 4 nitrogen and oxygen atoms in total. The van der Waals surface area contributed by atoms with E-state index >= 15 is 0 Å². The average Bonchev–Trinajstić information content (AvgIpc) is 2.58. The Bertz CT molecular complexity index is 322. The number of carbonyl (C=O) groups is 2. The zero-order chi connectivity index (χ0) is 18.8. The van der Waals surface area contributed by atoms with Gasteiger partial charge in [0.25, 0.3) is 0 Å². The zero-order valence-corrected chi connectivity index (χ0v) is 17.1. The molecule has 0 aromatic heterocycles. The van der Waals surface area contributed by atoms with Crippen molar-refractivity contribution in [2.75, 3.05) is 11.5 Å². The van der Waals surface area contributed by atoms with E-state index in [4.69, 9.17) is 9.84 Å². The molecule has 0 aliphatic carbocycles. The van der Waals surface area contributed by atoms with Gasteiger partial charge in [0.2, 0.25) is 0 Å². The van der Waals surface area contributed by atoms with Crippen molar-refractivity contribution >= 4 is 23.7 Å². The summed E-state index contributed by atoms with van der Waals surface area (Å²) in [6, 6.07) is 0. The van der Waals surface area contributed by atoms with Gasteiger partial charge in [0.05, 0.1) is 0 Å². The molecule has 0 aliphatic rings. The normalized spacial score (nSPS) is 12.1. The second-order valence-electron chi connectivity index (χ2n) is 6.70. The summed E-state index contributed by atoms with van der Waals surface area (Å²) in [5.41, 5.74) is 0. The highest BCUT2D eigenvalue weighted by molar-refractivity contribution is 7.99. The van der Waals surface area contributed by atoms with Crippen LogP contribution in [0.3, 0.4) is 0 Å². The van der Waals surface area contributed by atoms with Crippen LogP contribution in [0.15, 0.2) is 0 Å². The van der Waals surface area contributed by atoms with Gasteiger partial charge in [-0.05, 0) is 37.9 Å². The molecule has 0 amide bonds. The predicted molar refractivity (Wildman–Crippen MR) is 106 cm³/mol. The zero-order valence-electron chi connectivity index (χ0n) is 16.3. The minimum Gasteiger partial charge on any atom is -0.481 e. The molecule has 0 spiro atoms. The van der Waals surface area contributed by atoms with Gasteiger partial charge in [0.1, 0.15) is 6.10 Å². The first-order valence-electron chi connectivity index (χ1n) is 10.1. The molecule has 0 heterocycles. The Kier molecular flexibility index (Phi) is 17.6. The number of unbranched alkanes of at least 4 members (excludes halogenated alkanes) is 7. The van der Waals surface area contributed by atoms with Gasteiger partial charge in [-0.3, -0.25) is 9.59 Å². The first-order valence-corrected chi connectivity index (χ1v) is 11.2. The minimum absolute atomic E-state index is 0.0539. The number of carboxylic acids is 1. The molecule has 0 saturated carbocycles. The van der Waals surface area contributed by atoms with E-state index in [1.807, 2.05) is 11.8 Å². The molecule has 0 rings (SSSR count). The van der Waals surface area contributed by atoms with Crippen molar-refractivity contribution in [2.24, 2.45) is 0 Å². The minimum atomic E-state index is -0.745. The van der Waals surface area contributed by atoms with E-state index < -0.39 is 5.97 Å². The highest BCUT2D eigenvalue weighted by Gasteiger charge is 2.14. The van der Waals surface area contributed by atoms with Crippen LogP contribution in [0.5, 0.6) is 0 Å². The maximum Gasteiger partial charge on any atom is 0.306 e. The summed E-state index contributed by atoms with van der Waals surface area (Å²) < 4.78 is 5.70. The quantitative estimate of drug-likeness (QED) is 0.242. The van der Waals surface area contributed by atoms with Gasteiger partial charge in [-0.25, -0.2) is 0 Å². The molecule has 0 aromatic carbocycles. The first kappa shape index (κ1) is 24.3. The van der Waals surface area contributed by atoms with Crippen LogP contribution in [0, 0.1) is 0 Å². The van der Waals surface area contributed by atoms with Crippen molar-refractivity contribution < 1.29 is 19.4 Å². The Hall–Kier alpha value is -0.710. The SMILES string of the molecule is CCCCCCC(CSCCCC)OC(=O)CCCCCCC(=O)O. The predicted octanol–water partition coefficient (Wildman–Crippen LogP) is 5.83. The van der Waals surface area contributed by atoms with Gasteiger partial charge in [0, 0.05) is 18.6 Å². The molecular weight excluding hydrogens is 336 g/mol. The van der Waals surface area contributed by atoms with E-state index in [1.165, 1.54) is 32.1 Å². The lowest BCUT2D eigenvalue weighted by Gasteiger charge is -2.18. The number of hydrogen-bond donors (Lipinski definition) is 1. The first-order chi connectivity index (χ1) is 12.1. The number of carboxylic acid groups (broad SMARTS) is 1. The lowest BCUT2D eigenvalue weighted by molar-refractivity contribution is -0.148. The molecule has 0 bridgehead atoms. The van der Waals surface area contributed by atoms with Crippen LogP contribution in [0.2, 0.25) is 0 Å². The van der Waals surface area contributed by atoms with Crippen LogP contribution in [0.4, 0.5) is 0 Å². The molecule has 25 heavy (non-hydrogen) atoms. The Morgan fingerprint density at radius 2 is 1.52 bits per heavy atom. The van der Waals surface area contributed by atoms with E-state index in [0.29, 0.717) is 12.8 Å². The summed E-state index contributed by atoms with van der Waals surface area (Å²) in [6.07, 6.45) is 12.2. The summed E-state index contributed by atoms with van der Waals surface area (Å²) in [5.74, 6) is 1.22. The van der Waals surface area contributed by atoms with E-state index in [9.17, 15) is 9.59 Å². The van der Waals surface area contributed by atoms with Crippen LogP contribution >= 0.6 is 11.8 Å². The van der Waals surface area contributed by atoms with Gasteiger partial charge in [-0.1, -0.05) is 52.4 Å². The third-order valence-corrected chi connectivity index (χ3v) is 5.33. The van der Waals surface area contributed by atoms with E-state index in [0.717, 1.165) is 43.6 Å². The second-order valence-corrected chi connectivity index (χ2v) is 7.85. The smallest absolute Gasteiger partial charge is 0.306 e. The average molecular weight is 375 g/mol. The fraction of sp³-hybridized carbons (Fsp3) is 0.900. The lowest BCUT2D eigenvalue weighted by Crippen LogP contribution is -2.21. The molecule has 0 aromatic rings. The largest absolute Gasteiger partial charge is 0.481 e. The number of hydrogen-bond acceptors (Lipinski definition) is 4. The van der Waals surface area contributed by atoms with Crippen molar-refractivity contribution in [2.45, 2.75) is 103 Å². The molecule has 0 saturated heterocycles. The Labute approximate surface area is 158 Å². The van der Waals surface area contributed by atoms with Gasteiger partial charge < -0.3 is 9.84 Å². The van der Waals surface area contributed by atoms with Crippen LogP contribution in [0.1, 0.15) is 97.3 Å². The maximum absolute atomic E-state index is 12.0. The fourth-order valence-electron chi connectivity index (χ4n) is 2.58. The summed E-state index contributed by atoms with van der Waals surface area (Å²) in [5, 5.41) is 8.59. The van der Waals surface area contributed by atoms with Crippen molar-refractivity contribution in [3.63, 3.8) is 0 Å². The summed E-state index contributed by atoms with van der Waals surface area (Å²) in [7, 11) is 0. The molecule has 0 aliphatic heterocycles. The topological polar surface area (TPSA) is 63.6 Å². The summed E-state index contributed by atoms with van der Waals surface area (Å²) in [6.45, 7) is 4.40. The fourth-order valence-corrected chi connectivity index (χ4v) is 3.74. The van der Waals surface area contributed by atoms with Crippen molar-refractivity contribution in [3.05, 3.63) is 0 Å². The van der Waals surface area contributed by atoms with Crippen LogP contribution < -0.4 is 0 Å². The lowest BCUT2D eigenvalue weighted by atomic mass is 10.1. The van der Waals surface area contributed by atoms with Crippen LogP contribution in [-0.4, -0.2) is 34.7 Å². The third-order valence-electron chi connectivity index (χ3n) is 4.15. The van der Waals surface area contributed by atoms with Crippen molar-refractivity contribution in [1.82, 2.24) is 0 Å². The molecule has 0 radical (unpaired) electrons. The molecule has 1 N–H and O–H groups in total.